The van der Waals surface area contributed by atoms with Crippen molar-refractivity contribution >= 4 is 17.7 Å². The number of anilines is 1. The quantitative estimate of drug-likeness (QED) is 0.432. The number of H-pyrrole nitrogens is 2. The Bertz CT molecular complexity index is 1480. The monoisotopic (exact) mass is 416 g/mol. The SMILES string of the molecule is O=c1[nH]c(O)c(/C=c2\cnn3c(=NC4CC4)nc(N4CCc5ccccc5C4)nc23)[nH]1. The highest BCUT2D eigenvalue weighted by atomic mass is 16.3. The minimum Gasteiger partial charge on any atom is -0.493 e. The summed E-state index contributed by atoms with van der Waals surface area (Å²) in [6, 6.07) is 8.69. The molecule has 0 spiro atoms. The molecule has 10 heteroatoms. The first-order valence-corrected chi connectivity index (χ1v) is 10.3. The van der Waals surface area contributed by atoms with Gasteiger partial charge in [-0.15, -0.1) is 0 Å². The van der Waals surface area contributed by atoms with E-state index in [1.807, 2.05) is 0 Å². The van der Waals surface area contributed by atoms with Crippen LogP contribution >= 0.6 is 0 Å². The molecule has 1 saturated carbocycles. The van der Waals surface area contributed by atoms with Crippen molar-refractivity contribution in [3.63, 3.8) is 0 Å². The third-order valence-corrected chi connectivity index (χ3v) is 5.66. The van der Waals surface area contributed by atoms with Gasteiger partial charge in [-0.25, -0.2) is 9.79 Å². The topological polar surface area (TPSA) is 128 Å². The van der Waals surface area contributed by atoms with Gasteiger partial charge < -0.3 is 15.0 Å². The summed E-state index contributed by atoms with van der Waals surface area (Å²) >= 11 is 0. The van der Waals surface area contributed by atoms with E-state index in [1.54, 1.807) is 16.8 Å². The van der Waals surface area contributed by atoms with Crippen LogP contribution in [0.3, 0.4) is 0 Å². The molecule has 2 aliphatic rings. The maximum Gasteiger partial charge on any atom is 0.326 e. The van der Waals surface area contributed by atoms with Crippen LogP contribution in [0.4, 0.5) is 5.95 Å². The zero-order valence-electron chi connectivity index (χ0n) is 16.6. The lowest BCUT2D eigenvalue weighted by atomic mass is 10.0. The van der Waals surface area contributed by atoms with E-state index in [0.29, 0.717) is 22.4 Å². The second-order valence-electron chi connectivity index (χ2n) is 7.95. The lowest BCUT2D eigenvalue weighted by molar-refractivity contribution is 0.454. The van der Waals surface area contributed by atoms with E-state index < -0.39 is 5.69 Å². The molecular weight excluding hydrogens is 396 g/mol. The van der Waals surface area contributed by atoms with Crippen molar-refractivity contribution in [2.75, 3.05) is 11.4 Å². The second-order valence-corrected chi connectivity index (χ2v) is 7.95. The van der Waals surface area contributed by atoms with Gasteiger partial charge in [0.05, 0.1) is 12.2 Å². The largest absolute Gasteiger partial charge is 0.493 e. The molecule has 10 nitrogen and oxygen atoms in total. The van der Waals surface area contributed by atoms with Gasteiger partial charge in [-0.1, -0.05) is 24.3 Å². The normalized spacial score (nSPS) is 17.5. The van der Waals surface area contributed by atoms with Crippen LogP contribution in [-0.2, 0) is 13.0 Å². The Hall–Kier alpha value is -3.95. The summed E-state index contributed by atoms with van der Waals surface area (Å²) in [6.07, 6.45) is 6.30. The number of imidazole rings is 1. The third-order valence-electron chi connectivity index (χ3n) is 5.66. The third kappa shape index (κ3) is 3.25. The molecule has 31 heavy (non-hydrogen) atoms. The predicted octanol–water partition coefficient (Wildman–Crippen LogP) is 0.0198. The zero-order valence-corrected chi connectivity index (χ0v) is 16.6. The molecule has 4 heterocycles. The van der Waals surface area contributed by atoms with Crippen LogP contribution in [-0.4, -0.2) is 47.2 Å². The second kappa shape index (κ2) is 6.79. The standard InChI is InChI=1S/C21H20N8O2/c30-18-16(24-21(31)26-18)9-14-10-22-29-17(14)25-19(27-20(29)23-15-5-6-15)28-8-7-12-3-1-2-4-13(12)11-28/h1-4,9-10,15,30H,5-8,11H2,(H2,24,26,31)/b14-9+,23-20?. The highest BCUT2D eigenvalue weighted by molar-refractivity contribution is 5.57. The first kappa shape index (κ1) is 17.9. The van der Waals surface area contributed by atoms with E-state index >= 15 is 0 Å². The van der Waals surface area contributed by atoms with Crippen LogP contribution in [0.5, 0.6) is 5.88 Å². The minimum absolute atomic E-state index is 0.228. The molecule has 0 unspecified atom stereocenters. The van der Waals surface area contributed by atoms with Crippen LogP contribution in [0.2, 0.25) is 0 Å². The molecule has 0 amide bonds. The van der Waals surface area contributed by atoms with Crippen molar-refractivity contribution in [3.8, 4) is 5.88 Å². The van der Waals surface area contributed by atoms with Crippen LogP contribution in [0.25, 0.3) is 11.7 Å². The summed E-state index contributed by atoms with van der Waals surface area (Å²) in [7, 11) is 0. The molecule has 1 aromatic carbocycles. The number of aromatic hydroxyl groups is 1. The number of aromatic nitrogens is 6. The molecule has 156 valence electrons. The number of aromatic amines is 2. The van der Waals surface area contributed by atoms with E-state index in [9.17, 15) is 9.90 Å². The van der Waals surface area contributed by atoms with Gasteiger partial charge in [0.2, 0.25) is 11.8 Å². The van der Waals surface area contributed by atoms with E-state index in [1.165, 1.54) is 11.1 Å². The van der Waals surface area contributed by atoms with Crippen LogP contribution in [0, 0.1) is 0 Å². The van der Waals surface area contributed by atoms with E-state index in [2.05, 4.69) is 44.2 Å². The first-order valence-electron chi connectivity index (χ1n) is 10.3. The zero-order chi connectivity index (χ0) is 20.9. The van der Waals surface area contributed by atoms with Crippen molar-refractivity contribution in [2.45, 2.75) is 31.8 Å². The number of nitrogens with one attached hydrogen (secondary N) is 2. The van der Waals surface area contributed by atoms with Gasteiger partial charge in [-0.2, -0.15) is 19.6 Å². The molecule has 0 radical (unpaired) electrons. The lowest BCUT2D eigenvalue weighted by Crippen LogP contribution is -2.35. The maximum absolute atomic E-state index is 11.5. The number of benzene rings is 1. The van der Waals surface area contributed by atoms with Crippen LogP contribution in [0.1, 0.15) is 29.7 Å². The predicted molar refractivity (Wildman–Crippen MR) is 112 cm³/mol. The van der Waals surface area contributed by atoms with Gasteiger partial charge in [-0.05, 0) is 36.5 Å². The van der Waals surface area contributed by atoms with Crippen molar-refractivity contribution in [2.24, 2.45) is 4.99 Å². The van der Waals surface area contributed by atoms with E-state index in [0.717, 1.165) is 32.4 Å². The number of rotatable bonds is 3. The van der Waals surface area contributed by atoms with Gasteiger partial charge in [0.1, 0.15) is 5.69 Å². The molecule has 6 rings (SSSR count). The molecule has 3 N–H and O–H groups in total. The van der Waals surface area contributed by atoms with Crippen molar-refractivity contribution in [1.82, 2.24) is 29.5 Å². The summed E-state index contributed by atoms with van der Waals surface area (Å²) in [6.45, 7) is 1.55. The fraction of sp³-hybridized carbons (Fsp3) is 0.286. The Balaban J connectivity index is 1.51. The van der Waals surface area contributed by atoms with E-state index in [4.69, 9.17) is 15.0 Å². The summed E-state index contributed by atoms with van der Waals surface area (Å²) in [4.78, 5) is 32.8. The fourth-order valence-corrected chi connectivity index (χ4v) is 3.88. The fourth-order valence-electron chi connectivity index (χ4n) is 3.88. The highest BCUT2D eigenvalue weighted by Gasteiger charge is 2.23. The van der Waals surface area contributed by atoms with Gasteiger partial charge in [0, 0.05) is 18.3 Å². The molecule has 0 atom stereocenters. The van der Waals surface area contributed by atoms with Crippen LogP contribution < -0.4 is 21.4 Å². The number of fused-ring (bicyclic) bond motifs is 2. The van der Waals surface area contributed by atoms with Crippen molar-refractivity contribution < 1.29 is 5.11 Å². The Morgan fingerprint density at radius 2 is 2.00 bits per heavy atom. The summed E-state index contributed by atoms with van der Waals surface area (Å²) in [5.74, 6) is 0.373. The van der Waals surface area contributed by atoms with E-state index in [-0.39, 0.29) is 17.6 Å². The van der Waals surface area contributed by atoms with Gasteiger partial charge >= 0.3 is 5.69 Å². The molecule has 4 aromatic rings. The first-order chi connectivity index (χ1) is 15.1. The minimum atomic E-state index is -0.480. The van der Waals surface area contributed by atoms with Gasteiger partial charge in [0.15, 0.2) is 5.65 Å². The van der Waals surface area contributed by atoms with Crippen LogP contribution in [0.15, 0.2) is 40.2 Å². The smallest absolute Gasteiger partial charge is 0.326 e. The van der Waals surface area contributed by atoms with Crippen molar-refractivity contribution in [1.29, 1.82) is 0 Å². The Kier molecular flexibility index (Phi) is 3.92. The summed E-state index contributed by atoms with van der Waals surface area (Å²) in [5.41, 5.74) is 3.51. The molecule has 1 aliphatic heterocycles. The molecule has 0 saturated heterocycles. The molecule has 0 bridgehead atoms. The maximum atomic E-state index is 11.5. The molecule has 3 aromatic heterocycles. The highest BCUT2D eigenvalue weighted by Crippen LogP contribution is 2.23. The summed E-state index contributed by atoms with van der Waals surface area (Å²) in [5, 5.41) is 15.0. The van der Waals surface area contributed by atoms with Crippen molar-refractivity contribution in [3.05, 3.63) is 68.6 Å². The average Bonchev–Trinajstić information content (AvgIpc) is 3.41. The Morgan fingerprint density at radius 3 is 2.77 bits per heavy atom. The molecule has 1 aliphatic carbocycles. The number of hydrogen-bond acceptors (Lipinski definition) is 7. The number of hydrogen-bond donors (Lipinski definition) is 3. The Labute approximate surface area is 175 Å². The Morgan fingerprint density at radius 1 is 1.16 bits per heavy atom. The lowest BCUT2D eigenvalue weighted by Gasteiger charge is -2.28. The average molecular weight is 416 g/mol. The molecular formula is C21H20N8O2. The van der Waals surface area contributed by atoms with Gasteiger partial charge in [-0.3, -0.25) is 4.98 Å². The summed E-state index contributed by atoms with van der Waals surface area (Å²) < 4.78 is 1.62. The number of nitrogens with zero attached hydrogens (tertiary/aromatic N) is 6. The van der Waals surface area contributed by atoms with Gasteiger partial charge in [0.25, 0.3) is 5.62 Å². The molecule has 1 fully saturated rings.